The van der Waals surface area contributed by atoms with Gasteiger partial charge in [0.05, 0.1) is 6.04 Å². The maximum Gasteiger partial charge on any atom is 0.408 e. The summed E-state index contributed by atoms with van der Waals surface area (Å²) in [5.41, 5.74) is 0.919. The van der Waals surface area contributed by atoms with E-state index < -0.39 is 12.1 Å². The van der Waals surface area contributed by atoms with Crippen molar-refractivity contribution < 1.29 is 14.3 Å². The predicted octanol–water partition coefficient (Wildman–Crippen LogP) is 2.20. The minimum absolute atomic E-state index is 0.0714. The van der Waals surface area contributed by atoms with Crippen LogP contribution in [0.25, 0.3) is 0 Å². The zero-order chi connectivity index (χ0) is 12.8. The average Bonchev–Trinajstić information content (AvgIpc) is 2.40. The lowest BCUT2D eigenvalue weighted by Crippen LogP contribution is -2.41. The summed E-state index contributed by atoms with van der Waals surface area (Å²) in [4.78, 5) is 23.0. The molecule has 1 aromatic rings. The fourth-order valence-electron chi connectivity index (χ4n) is 1.77. The third-order valence-corrected chi connectivity index (χ3v) is 2.75. The third-order valence-electron chi connectivity index (χ3n) is 2.75. The van der Waals surface area contributed by atoms with Gasteiger partial charge in [0.1, 0.15) is 6.61 Å². The lowest BCUT2D eigenvalue weighted by molar-refractivity contribution is -0.116. The zero-order valence-electron chi connectivity index (χ0n) is 9.96. The number of benzene rings is 1. The van der Waals surface area contributed by atoms with Crippen molar-refractivity contribution in [2.45, 2.75) is 25.5 Å². The van der Waals surface area contributed by atoms with Crippen LogP contribution in [0.15, 0.2) is 42.5 Å². The van der Waals surface area contributed by atoms with Crippen LogP contribution in [0.1, 0.15) is 18.4 Å². The molecule has 0 aliphatic heterocycles. The first-order valence-electron chi connectivity index (χ1n) is 5.93. The Morgan fingerprint density at radius 2 is 2.11 bits per heavy atom. The van der Waals surface area contributed by atoms with Crippen LogP contribution in [0.4, 0.5) is 4.79 Å². The van der Waals surface area contributed by atoms with Gasteiger partial charge in [0, 0.05) is 0 Å². The average molecular weight is 245 g/mol. The van der Waals surface area contributed by atoms with E-state index >= 15 is 0 Å². The highest BCUT2D eigenvalue weighted by molar-refractivity contribution is 5.96. The van der Waals surface area contributed by atoms with E-state index in [1.54, 1.807) is 0 Å². The van der Waals surface area contributed by atoms with Gasteiger partial charge in [-0.15, -0.1) is 0 Å². The second-order valence-electron chi connectivity index (χ2n) is 4.14. The molecule has 4 nitrogen and oxygen atoms in total. The Hall–Kier alpha value is -2.10. The first-order valence-corrected chi connectivity index (χ1v) is 5.93. The van der Waals surface area contributed by atoms with Gasteiger partial charge in [-0.05, 0) is 24.5 Å². The van der Waals surface area contributed by atoms with E-state index in [4.69, 9.17) is 4.74 Å². The molecule has 1 aliphatic rings. The van der Waals surface area contributed by atoms with Gasteiger partial charge in [0.15, 0.2) is 5.78 Å². The number of hydrogen-bond acceptors (Lipinski definition) is 3. The summed E-state index contributed by atoms with van der Waals surface area (Å²) in [5.74, 6) is -0.0714. The number of carbonyl (C=O) groups is 2. The van der Waals surface area contributed by atoms with Crippen LogP contribution >= 0.6 is 0 Å². The minimum atomic E-state index is -0.549. The van der Waals surface area contributed by atoms with Crippen molar-refractivity contribution >= 4 is 11.9 Å². The van der Waals surface area contributed by atoms with E-state index in [1.165, 1.54) is 6.08 Å². The number of alkyl carbamates (subject to hydrolysis) is 1. The van der Waals surface area contributed by atoms with Gasteiger partial charge in [0.25, 0.3) is 0 Å². The number of rotatable bonds is 3. The van der Waals surface area contributed by atoms with Crippen LogP contribution in [0, 0.1) is 0 Å². The first-order chi connectivity index (χ1) is 8.75. The van der Waals surface area contributed by atoms with Crippen LogP contribution in [0.5, 0.6) is 0 Å². The molecule has 0 radical (unpaired) electrons. The molecule has 1 aliphatic carbocycles. The van der Waals surface area contributed by atoms with Gasteiger partial charge >= 0.3 is 6.09 Å². The number of ketones is 1. The van der Waals surface area contributed by atoms with Crippen molar-refractivity contribution in [3.63, 3.8) is 0 Å². The Morgan fingerprint density at radius 3 is 2.83 bits per heavy atom. The van der Waals surface area contributed by atoms with Crippen LogP contribution in [0.2, 0.25) is 0 Å². The van der Waals surface area contributed by atoms with Gasteiger partial charge in [-0.3, -0.25) is 4.79 Å². The summed E-state index contributed by atoms with van der Waals surface area (Å²) in [6.45, 7) is 0.212. The van der Waals surface area contributed by atoms with Crippen LogP contribution in [-0.4, -0.2) is 17.9 Å². The van der Waals surface area contributed by atoms with Gasteiger partial charge < -0.3 is 10.1 Å². The SMILES string of the molecule is O=C(NC1CCC=CC1=O)OCc1ccccc1. The summed E-state index contributed by atoms with van der Waals surface area (Å²) >= 11 is 0. The van der Waals surface area contributed by atoms with Crippen molar-refractivity contribution in [1.29, 1.82) is 0 Å². The standard InChI is InChI=1S/C14H15NO3/c16-13-9-5-4-8-12(13)15-14(17)18-10-11-6-2-1-3-7-11/h1-3,5-7,9,12H,4,8,10H2,(H,15,17). The largest absolute Gasteiger partial charge is 0.445 e. The summed E-state index contributed by atoms with van der Waals surface area (Å²) in [7, 11) is 0. The molecule has 94 valence electrons. The second-order valence-corrected chi connectivity index (χ2v) is 4.14. The maximum atomic E-state index is 11.5. The highest BCUT2D eigenvalue weighted by Crippen LogP contribution is 2.08. The minimum Gasteiger partial charge on any atom is -0.445 e. The van der Waals surface area contributed by atoms with E-state index in [9.17, 15) is 9.59 Å². The lowest BCUT2D eigenvalue weighted by Gasteiger charge is -2.17. The molecule has 0 bridgehead atoms. The molecule has 0 heterocycles. The Balaban J connectivity index is 1.79. The summed E-state index contributed by atoms with van der Waals surface area (Å²) in [6.07, 6.45) is 4.21. The lowest BCUT2D eigenvalue weighted by atomic mass is 10.0. The molecule has 0 saturated carbocycles. The molecule has 1 unspecified atom stereocenters. The Labute approximate surface area is 106 Å². The molecule has 4 heteroatoms. The van der Waals surface area contributed by atoms with E-state index in [1.807, 2.05) is 36.4 Å². The molecule has 0 fully saturated rings. The molecule has 2 rings (SSSR count). The van der Waals surface area contributed by atoms with Crippen molar-refractivity contribution in [2.24, 2.45) is 0 Å². The van der Waals surface area contributed by atoms with E-state index in [-0.39, 0.29) is 12.4 Å². The van der Waals surface area contributed by atoms with Crippen LogP contribution in [-0.2, 0) is 16.1 Å². The molecule has 1 atom stereocenters. The van der Waals surface area contributed by atoms with E-state index in [0.717, 1.165) is 12.0 Å². The van der Waals surface area contributed by atoms with E-state index in [0.29, 0.717) is 6.42 Å². The van der Waals surface area contributed by atoms with Crippen molar-refractivity contribution in [1.82, 2.24) is 5.32 Å². The Morgan fingerprint density at radius 1 is 1.33 bits per heavy atom. The maximum absolute atomic E-state index is 11.5. The summed E-state index contributed by atoms with van der Waals surface area (Å²) in [6, 6.07) is 8.97. The number of ether oxygens (including phenoxy) is 1. The number of allylic oxidation sites excluding steroid dienone is 1. The molecule has 1 aromatic carbocycles. The molecule has 0 spiro atoms. The number of carbonyl (C=O) groups excluding carboxylic acids is 2. The van der Waals surface area contributed by atoms with Gasteiger partial charge in [-0.25, -0.2) is 4.79 Å². The van der Waals surface area contributed by atoms with Crippen molar-refractivity contribution in [3.05, 3.63) is 48.0 Å². The van der Waals surface area contributed by atoms with E-state index in [2.05, 4.69) is 5.32 Å². The Bertz CT molecular complexity index is 453. The molecule has 1 amide bonds. The topological polar surface area (TPSA) is 55.4 Å². The van der Waals surface area contributed by atoms with Gasteiger partial charge in [-0.1, -0.05) is 36.4 Å². The fourth-order valence-corrected chi connectivity index (χ4v) is 1.77. The Kier molecular flexibility index (Phi) is 4.12. The smallest absolute Gasteiger partial charge is 0.408 e. The summed E-state index contributed by atoms with van der Waals surface area (Å²) < 4.78 is 5.05. The van der Waals surface area contributed by atoms with Gasteiger partial charge in [0.2, 0.25) is 0 Å². The summed E-state index contributed by atoms with van der Waals surface area (Å²) in [5, 5.41) is 2.58. The molecule has 0 aromatic heterocycles. The monoisotopic (exact) mass is 245 g/mol. The van der Waals surface area contributed by atoms with Crippen LogP contribution in [0.3, 0.4) is 0 Å². The normalized spacial score (nSPS) is 18.4. The highest BCUT2D eigenvalue weighted by atomic mass is 16.5. The molecule has 1 N–H and O–H groups in total. The fraction of sp³-hybridized carbons (Fsp3) is 0.286. The first kappa shape index (κ1) is 12.4. The molecular weight excluding hydrogens is 230 g/mol. The van der Waals surface area contributed by atoms with Crippen molar-refractivity contribution in [3.8, 4) is 0 Å². The molecule has 18 heavy (non-hydrogen) atoms. The predicted molar refractivity (Wildman–Crippen MR) is 66.9 cm³/mol. The van der Waals surface area contributed by atoms with Gasteiger partial charge in [-0.2, -0.15) is 0 Å². The molecular formula is C14H15NO3. The number of amides is 1. The quantitative estimate of drug-likeness (QED) is 0.888. The highest BCUT2D eigenvalue weighted by Gasteiger charge is 2.20. The second kappa shape index (κ2) is 6.00. The number of nitrogens with one attached hydrogen (secondary N) is 1. The number of hydrogen-bond donors (Lipinski definition) is 1. The van der Waals surface area contributed by atoms with Crippen LogP contribution < -0.4 is 5.32 Å². The third kappa shape index (κ3) is 3.45. The molecule has 0 saturated heterocycles. The van der Waals surface area contributed by atoms with Crippen molar-refractivity contribution in [2.75, 3.05) is 0 Å². The zero-order valence-corrected chi connectivity index (χ0v) is 9.96.